The van der Waals surface area contributed by atoms with Crippen LogP contribution in [-0.2, 0) is 6.42 Å². The first-order valence-corrected chi connectivity index (χ1v) is 11.3. The van der Waals surface area contributed by atoms with Crippen molar-refractivity contribution < 1.29 is 4.79 Å². The van der Waals surface area contributed by atoms with E-state index in [1.165, 1.54) is 0 Å². The van der Waals surface area contributed by atoms with E-state index in [4.69, 9.17) is 28.3 Å². The normalized spacial score (nSPS) is 11.0. The Morgan fingerprint density at radius 2 is 1.65 bits per heavy atom. The molecule has 0 amide bonds. The highest BCUT2D eigenvalue weighted by molar-refractivity contribution is 9.10. The number of aromatic nitrogens is 2. The summed E-state index contributed by atoms with van der Waals surface area (Å²) in [5.41, 5.74) is 5.79. The fraction of sp³-hybridized carbons (Fsp3) is 0.120. The molecule has 0 N–H and O–H groups in total. The van der Waals surface area contributed by atoms with E-state index in [1.807, 2.05) is 68.4 Å². The van der Waals surface area contributed by atoms with Gasteiger partial charge in [-0.1, -0.05) is 81.1 Å². The van der Waals surface area contributed by atoms with Gasteiger partial charge in [0, 0.05) is 27.0 Å². The number of hydrogen-bond donors (Lipinski definition) is 0. The fourth-order valence-corrected chi connectivity index (χ4v) is 4.26. The summed E-state index contributed by atoms with van der Waals surface area (Å²) in [6.45, 7) is 3.95. The van der Waals surface area contributed by atoms with Gasteiger partial charge in [-0.15, -0.1) is 0 Å². The Balaban J connectivity index is 1.84. The second kappa shape index (κ2) is 8.99. The summed E-state index contributed by atoms with van der Waals surface area (Å²) < 4.78 is 2.71. The summed E-state index contributed by atoms with van der Waals surface area (Å²) in [4.78, 5) is 13.2. The van der Waals surface area contributed by atoms with Gasteiger partial charge in [0.2, 0.25) is 0 Å². The maximum absolute atomic E-state index is 13.2. The standard InChI is InChI=1S/C25H19BrCl2N2O/c1-15-3-5-17(6-4-15)13-23(31)24-16(2)25(18-7-9-19(26)10-8-18)30(29-24)22-12-11-20(27)14-21(22)28/h3-12,14H,13H2,1-2H3. The van der Waals surface area contributed by atoms with Gasteiger partial charge in [0.05, 0.1) is 16.4 Å². The van der Waals surface area contributed by atoms with Crippen LogP contribution in [0.4, 0.5) is 0 Å². The zero-order chi connectivity index (χ0) is 22.1. The molecule has 0 saturated carbocycles. The van der Waals surface area contributed by atoms with Crippen molar-refractivity contribution in [3.63, 3.8) is 0 Å². The first-order chi connectivity index (χ1) is 14.8. The van der Waals surface area contributed by atoms with Crippen LogP contribution >= 0.6 is 39.1 Å². The van der Waals surface area contributed by atoms with Gasteiger partial charge in [-0.05, 0) is 49.7 Å². The van der Waals surface area contributed by atoms with E-state index in [0.29, 0.717) is 21.4 Å². The first-order valence-electron chi connectivity index (χ1n) is 9.73. The van der Waals surface area contributed by atoms with Crippen molar-refractivity contribution in [1.29, 1.82) is 0 Å². The lowest BCUT2D eigenvalue weighted by molar-refractivity contribution is 0.0987. The van der Waals surface area contributed by atoms with Gasteiger partial charge in [-0.3, -0.25) is 4.79 Å². The summed E-state index contributed by atoms with van der Waals surface area (Å²) in [6.07, 6.45) is 0.284. The molecule has 0 aliphatic carbocycles. The van der Waals surface area contributed by atoms with Crippen molar-refractivity contribution in [2.75, 3.05) is 0 Å². The Bertz CT molecular complexity index is 1260. The number of ketones is 1. The maximum atomic E-state index is 13.2. The number of hydrogen-bond acceptors (Lipinski definition) is 2. The van der Waals surface area contributed by atoms with E-state index in [9.17, 15) is 4.79 Å². The molecule has 0 unspecified atom stereocenters. The zero-order valence-electron chi connectivity index (χ0n) is 17.0. The van der Waals surface area contributed by atoms with Crippen molar-refractivity contribution in [2.24, 2.45) is 0 Å². The number of benzene rings is 3. The third-order valence-corrected chi connectivity index (χ3v) is 6.19. The third-order valence-electron chi connectivity index (χ3n) is 5.13. The summed E-state index contributed by atoms with van der Waals surface area (Å²) >= 11 is 16.1. The monoisotopic (exact) mass is 512 g/mol. The topological polar surface area (TPSA) is 34.9 Å². The molecular formula is C25H19BrCl2N2O. The number of carbonyl (C=O) groups excluding carboxylic acids is 1. The quantitative estimate of drug-likeness (QED) is 0.257. The molecule has 6 heteroatoms. The number of Topliss-reactive ketones (excluding diaryl/α,β-unsaturated/α-hetero) is 1. The second-order valence-corrected chi connectivity index (χ2v) is 9.18. The molecule has 3 nitrogen and oxygen atoms in total. The van der Waals surface area contributed by atoms with Gasteiger partial charge in [0.15, 0.2) is 5.78 Å². The van der Waals surface area contributed by atoms with Crippen LogP contribution in [-0.4, -0.2) is 15.6 Å². The molecule has 0 spiro atoms. The number of carbonyl (C=O) groups is 1. The van der Waals surface area contributed by atoms with Crippen molar-refractivity contribution in [3.8, 4) is 16.9 Å². The molecule has 0 radical (unpaired) electrons. The van der Waals surface area contributed by atoms with Crippen LogP contribution in [0.15, 0.2) is 71.2 Å². The summed E-state index contributed by atoms with van der Waals surface area (Å²) in [5, 5.41) is 5.71. The molecule has 1 aromatic heterocycles. The van der Waals surface area contributed by atoms with E-state index < -0.39 is 0 Å². The molecule has 0 aliphatic rings. The smallest absolute Gasteiger partial charge is 0.187 e. The Labute approximate surface area is 199 Å². The van der Waals surface area contributed by atoms with Crippen LogP contribution in [0.25, 0.3) is 16.9 Å². The lowest BCUT2D eigenvalue weighted by Gasteiger charge is -2.11. The zero-order valence-corrected chi connectivity index (χ0v) is 20.1. The molecule has 31 heavy (non-hydrogen) atoms. The molecule has 0 fully saturated rings. The molecule has 3 aromatic carbocycles. The van der Waals surface area contributed by atoms with E-state index in [2.05, 4.69) is 15.9 Å². The highest BCUT2D eigenvalue weighted by atomic mass is 79.9. The Kier molecular flexibility index (Phi) is 6.33. The molecule has 4 aromatic rings. The van der Waals surface area contributed by atoms with Gasteiger partial charge in [0.25, 0.3) is 0 Å². The van der Waals surface area contributed by atoms with E-state index in [-0.39, 0.29) is 12.2 Å². The van der Waals surface area contributed by atoms with Gasteiger partial charge < -0.3 is 0 Å². The lowest BCUT2D eigenvalue weighted by atomic mass is 10.0. The predicted octanol–water partition coefficient (Wildman–Crippen LogP) is 7.65. The molecule has 0 aliphatic heterocycles. The highest BCUT2D eigenvalue weighted by Gasteiger charge is 2.23. The summed E-state index contributed by atoms with van der Waals surface area (Å²) in [6, 6.07) is 21.1. The van der Waals surface area contributed by atoms with E-state index in [1.54, 1.807) is 16.8 Å². The molecule has 0 bridgehead atoms. The third kappa shape index (κ3) is 4.62. The van der Waals surface area contributed by atoms with Crippen LogP contribution in [0.5, 0.6) is 0 Å². The molecule has 4 rings (SSSR count). The molecule has 0 saturated heterocycles. The van der Waals surface area contributed by atoms with Crippen molar-refractivity contribution >= 4 is 44.9 Å². The van der Waals surface area contributed by atoms with E-state index >= 15 is 0 Å². The van der Waals surface area contributed by atoms with Gasteiger partial charge >= 0.3 is 0 Å². The Hall–Kier alpha value is -2.40. The van der Waals surface area contributed by atoms with Crippen LogP contribution in [0, 0.1) is 13.8 Å². The van der Waals surface area contributed by atoms with Crippen molar-refractivity contribution in [3.05, 3.63) is 104 Å². The van der Waals surface area contributed by atoms with Gasteiger partial charge in [-0.2, -0.15) is 5.10 Å². The van der Waals surface area contributed by atoms with Crippen LogP contribution < -0.4 is 0 Å². The number of halogens is 3. The minimum atomic E-state index is -0.0384. The average Bonchev–Trinajstić information content (AvgIpc) is 3.07. The first kappa shape index (κ1) is 21.8. The Morgan fingerprint density at radius 3 is 2.29 bits per heavy atom. The van der Waals surface area contributed by atoms with Crippen molar-refractivity contribution in [2.45, 2.75) is 20.3 Å². The maximum Gasteiger partial charge on any atom is 0.187 e. The molecular weight excluding hydrogens is 495 g/mol. The Morgan fingerprint density at radius 1 is 0.968 bits per heavy atom. The van der Waals surface area contributed by atoms with E-state index in [0.717, 1.165) is 32.4 Å². The average molecular weight is 514 g/mol. The minimum Gasteiger partial charge on any atom is -0.292 e. The van der Waals surface area contributed by atoms with Crippen molar-refractivity contribution in [1.82, 2.24) is 9.78 Å². The highest BCUT2D eigenvalue weighted by Crippen LogP contribution is 2.33. The second-order valence-electron chi connectivity index (χ2n) is 7.42. The molecule has 1 heterocycles. The van der Waals surface area contributed by atoms with Gasteiger partial charge in [-0.25, -0.2) is 4.68 Å². The number of rotatable bonds is 5. The van der Waals surface area contributed by atoms with Gasteiger partial charge in [0.1, 0.15) is 5.69 Å². The van der Waals surface area contributed by atoms with Crippen LogP contribution in [0.2, 0.25) is 10.0 Å². The summed E-state index contributed by atoms with van der Waals surface area (Å²) in [5.74, 6) is -0.0384. The lowest BCUT2D eigenvalue weighted by Crippen LogP contribution is -2.07. The van der Waals surface area contributed by atoms with Crippen LogP contribution in [0.1, 0.15) is 27.2 Å². The largest absolute Gasteiger partial charge is 0.292 e. The predicted molar refractivity (Wildman–Crippen MR) is 131 cm³/mol. The summed E-state index contributed by atoms with van der Waals surface area (Å²) in [7, 11) is 0. The number of nitrogens with zero attached hydrogens (tertiary/aromatic N) is 2. The molecule has 0 atom stereocenters. The SMILES string of the molecule is Cc1ccc(CC(=O)c2nn(-c3ccc(Cl)cc3Cl)c(-c3ccc(Br)cc3)c2C)cc1. The minimum absolute atomic E-state index is 0.0384. The fourth-order valence-electron chi connectivity index (χ4n) is 3.51. The van der Waals surface area contributed by atoms with Crippen LogP contribution in [0.3, 0.4) is 0 Å². The number of aryl methyl sites for hydroxylation is 1. The molecule has 156 valence electrons.